The van der Waals surface area contributed by atoms with Gasteiger partial charge in [-0.05, 0) is 24.3 Å². The van der Waals surface area contributed by atoms with Gasteiger partial charge in [-0.1, -0.05) is 23.2 Å². The van der Waals surface area contributed by atoms with Crippen molar-refractivity contribution >= 4 is 23.2 Å². The number of hydrogen-bond donors (Lipinski definition) is 1. The van der Waals surface area contributed by atoms with E-state index in [2.05, 4.69) is 15.3 Å². The van der Waals surface area contributed by atoms with Crippen molar-refractivity contribution in [3.8, 4) is 11.4 Å². The lowest BCUT2D eigenvalue weighted by atomic mass is 10.2. The molecule has 0 aliphatic heterocycles. The van der Waals surface area contributed by atoms with Gasteiger partial charge in [0.05, 0.1) is 22.3 Å². The summed E-state index contributed by atoms with van der Waals surface area (Å²) in [4.78, 5) is 8.75. The summed E-state index contributed by atoms with van der Waals surface area (Å²) in [5, 5.41) is 4.26. The molecule has 20 heavy (non-hydrogen) atoms. The maximum absolute atomic E-state index is 6.01. The topological polar surface area (TPSA) is 47.0 Å². The lowest BCUT2D eigenvalue weighted by Crippen LogP contribution is -2.19. The van der Waals surface area contributed by atoms with Gasteiger partial charge in [-0.3, -0.25) is 0 Å². The van der Waals surface area contributed by atoms with Crippen LogP contribution in [0.2, 0.25) is 10.0 Å². The SMILES string of the molecule is COCCNCc1ccnc(-c2ccc(Cl)c(Cl)c2)n1. The van der Waals surface area contributed by atoms with E-state index in [-0.39, 0.29) is 0 Å². The summed E-state index contributed by atoms with van der Waals surface area (Å²) in [6, 6.07) is 7.24. The van der Waals surface area contributed by atoms with Crippen molar-refractivity contribution in [1.29, 1.82) is 0 Å². The Kier molecular flexibility index (Phi) is 5.73. The third-order valence-corrected chi connectivity index (χ3v) is 3.42. The summed E-state index contributed by atoms with van der Waals surface area (Å²) in [6.07, 6.45) is 1.73. The number of halogens is 2. The van der Waals surface area contributed by atoms with E-state index in [1.54, 1.807) is 25.4 Å². The molecule has 0 radical (unpaired) electrons. The van der Waals surface area contributed by atoms with Crippen molar-refractivity contribution in [2.75, 3.05) is 20.3 Å². The smallest absolute Gasteiger partial charge is 0.159 e. The Morgan fingerprint density at radius 1 is 1.20 bits per heavy atom. The van der Waals surface area contributed by atoms with E-state index in [9.17, 15) is 0 Å². The Balaban J connectivity index is 2.10. The average molecular weight is 312 g/mol. The molecule has 2 aromatic rings. The van der Waals surface area contributed by atoms with Gasteiger partial charge in [0.2, 0.25) is 0 Å². The van der Waals surface area contributed by atoms with Crippen LogP contribution in [0, 0.1) is 0 Å². The zero-order chi connectivity index (χ0) is 14.4. The molecule has 0 aliphatic rings. The summed E-state index contributed by atoms with van der Waals surface area (Å²) in [6.45, 7) is 2.12. The minimum absolute atomic E-state index is 0.497. The van der Waals surface area contributed by atoms with E-state index in [1.165, 1.54) is 0 Å². The van der Waals surface area contributed by atoms with Crippen LogP contribution in [0.3, 0.4) is 0 Å². The molecule has 0 aliphatic carbocycles. The second-order valence-corrected chi connectivity index (χ2v) is 4.98. The Bertz CT molecular complexity index is 578. The highest BCUT2D eigenvalue weighted by molar-refractivity contribution is 6.42. The molecule has 0 fully saturated rings. The van der Waals surface area contributed by atoms with Crippen LogP contribution in [0.4, 0.5) is 0 Å². The maximum atomic E-state index is 6.01. The standard InChI is InChI=1S/C14H15Cl2N3O/c1-20-7-6-17-9-11-4-5-18-14(19-11)10-2-3-12(15)13(16)8-10/h2-5,8,17H,6-7,9H2,1H3. The minimum Gasteiger partial charge on any atom is -0.383 e. The van der Waals surface area contributed by atoms with Crippen LogP contribution in [0.15, 0.2) is 30.5 Å². The maximum Gasteiger partial charge on any atom is 0.159 e. The number of nitrogens with one attached hydrogen (secondary N) is 1. The minimum atomic E-state index is 0.497. The predicted octanol–water partition coefficient (Wildman–Crippen LogP) is 3.19. The molecular weight excluding hydrogens is 297 g/mol. The molecule has 1 aromatic carbocycles. The first-order valence-electron chi connectivity index (χ1n) is 6.17. The molecule has 0 unspecified atom stereocenters. The molecule has 1 heterocycles. The number of nitrogens with zero attached hydrogens (tertiary/aromatic N) is 2. The van der Waals surface area contributed by atoms with E-state index >= 15 is 0 Å². The van der Waals surface area contributed by atoms with Gasteiger partial charge in [0.15, 0.2) is 5.82 Å². The van der Waals surface area contributed by atoms with Crippen molar-refractivity contribution in [3.63, 3.8) is 0 Å². The monoisotopic (exact) mass is 311 g/mol. The zero-order valence-electron chi connectivity index (χ0n) is 11.1. The number of rotatable bonds is 6. The normalized spacial score (nSPS) is 10.8. The first kappa shape index (κ1) is 15.2. The molecule has 2 rings (SSSR count). The highest BCUT2D eigenvalue weighted by atomic mass is 35.5. The molecule has 0 saturated heterocycles. The number of ether oxygens (including phenoxy) is 1. The lowest BCUT2D eigenvalue weighted by molar-refractivity contribution is 0.199. The van der Waals surface area contributed by atoms with Crippen LogP contribution in [0.5, 0.6) is 0 Å². The summed E-state index contributed by atoms with van der Waals surface area (Å²) < 4.78 is 4.97. The quantitative estimate of drug-likeness (QED) is 0.832. The number of methoxy groups -OCH3 is 1. The van der Waals surface area contributed by atoms with Crippen molar-refractivity contribution in [2.24, 2.45) is 0 Å². The van der Waals surface area contributed by atoms with Crippen molar-refractivity contribution in [2.45, 2.75) is 6.54 Å². The number of benzene rings is 1. The van der Waals surface area contributed by atoms with Crippen molar-refractivity contribution in [3.05, 3.63) is 46.2 Å². The third-order valence-electron chi connectivity index (χ3n) is 2.68. The summed E-state index contributed by atoms with van der Waals surface area (Å²) in [7, 11) is 1.68. The van der Waals surface area contributed by atoms with Crippen LogP contribution in [0.25, 0.3) is 11.4 Å². The fourth-order valence-corrected chi connectivity index (χ4v) is 1.96. The summed E-state index contributed by atoms with van der Waals surface area (Å²) >= 11 is 11.9. The number of hydrogen-bond acceptors (Lipinski definition) is 4. The molecule has 4 nitrogen and oxygen atoms in total. The van der Waals surface area contributed by atoms with Crippen LogP contribution in [0.1, 0.15) is 5.69 Å². The van der Waals surface area contributed by atoms with E-state index in [0.717, 1.165) is 17.8 Å². The van der Waals surface area contributed by atoms with E-state index in [4.69, 9.17) is 27.9 Å². The fraction of sp³-hybridized carbons (Fsp3) is 0.286. The second-order valence-electron chi connectivity index (χ2n) is 4.17. The molecule has 0 saturated carbocycles. The molecule has 106 valence electrons. The predicted molar refractivity (Wildman–Crippen MR) is 81.1 cm³/mol. The van der Waals surface area contributed by atoms with E-state index in [0.29, 0.717) is 29.0 Å². The van der Waals surface area contributed by atoms with E-state index in [1.807, 2.05) is 12.1 Å². The van der Waals surface area contributed by atoms with Gasteiger partial charge in [0.25, 0.3) is 0 Å². The largest absolute Gasteiger partial charge is 0.383 e. The van der Waals surface area contributed by atoms with Crippen LogP contribution in [-0.2, 0) is 11.3 Å². The van der Waals surface area contributed by atoms with Gasteiger partial charge in [0.1, 0.15) is 0 Å². The third kappa shape index (κ3) is 4.15. The Labute approximate surface area is 128 Å². The molecule has 0 atom stereocenters. The van der Waals surface area contributed by atoms with Crippen molar-refractivity contribution < 1.29 is 4.74 Å². The van der Waals surface area contributed by atoms with Crippen LogP contribution < -0.4 is 5.32 Å². The van der Waals surface area contributed by atoms with Crippen LogP contribution in [-0.4, -0.2) is 30.2 Å². The summed E-state index contributed by atoms with van der Waals surface area (Å²) in [5.41, 5.74) is 1.76. The first-order chi connectivity index (χ1) is 9.70. The second kappa shape index (κ2) is 7.55. The van der Waals surface area contributed by atoms with Gasteiger partial charge >= 0.3 is 0 Å². The molecule has 6 heteroatoms. The van der Waals surface area contributed by atoms with Gasteiger partial charge in [-0.2, -0.15) is 0 Å². The molecule has 1 aromatic heterocycles. The van der Waals surface area contributed by atoms with Crippen LogP contribution >= 0.6 is 23.2 Å². The molecule has 0 bridgehead atoms. The fourth-order valence-electron chi connectivity index (χ4n) is 1.66. The Morgan fingerprint density at radius 2 is 2.05 bits per heavy atom. The number of aromatic nitrogens is 2. The summed E-state index contributed by atoms with van der Waals surface area (Å²) in [5.74, 6) is 0.634. The lowest BCUT2D eigenvalue weighted by Gasteiger charge is -2.06. The zero-order valence-corrected chi connectivity index (χ0v) is 12.6. The molecule has 0 spiro atoms. The van der Waals surface area contributed by atoms with Gasteiger partial charge in [0, 0.05) is 32.0 Å². The van der Waals surface area contributed by atoms with E-state index < -0.39 is 0 Å². The van der Waals surface area contributed by atoms with Crippen molar-refractivity contribution in [1.82, 2.24) is 15.3 Å². The Hall–Kier alpha value is -1.20. The average Bonchev–Trinajstić information content (AvgIpc) is 2.47. The highest BCUT2D eigenvalue weighted by Crippen LogP contribution is 2.26. The molecule has 0 amide bonds. The molecular formula is C14H15Cl2N3O. The first-order valence-corrected chi connectivity index (χ1v) is 6.93. The van der Waals surface area contributed by atoms with Gasteiger partial charge in [-0.15, -0.1) is 0 Å². The van der Waals surface area contributed by atoms with Gasteiger partial charge in [-0.25, -0.2) is 9.97 Å². The highest BCUT2D eigenvalue weighted by Gasteiger charge is 2.05. The molecule has 1 N–H and O–H groups in total. The Morgan fingerprint density at radius 3 is 2.80 bits per heavy atom. The van der Waals surface area contributed by atoms with Gasteiger partial charge < -0.3 is 10.1 Å².